The molecule has 1 saturated heterocycles. The summed E-state index contributed by atoms with van der Waals surface area (Å²) >= 11 is 0. The van der Waals surface area contributed by atoms with Crippen molar-refractivity contribution in [2.24, 2.45) is 0 Å². The Hall–Kier alpha value is -4.21. The molecule has 0 unspecified atom stereocenters. The third-order valence-electron chi connectivity index (χ3n) is 6.96. The standard InChI is InChI=1S/C26H27N7O3/c1-35-26(34)32-12-10-31(11-13-32)23-7-6-19(15-27-23)21-16-28-24(33-17-29-30-25(21)33)8-5-18-3-2-4-22-20(18)9-14-36-22/h2-4,6-7,15-17H,5,8-14H2,1H3. The zero-order valence-corrected chi connectivity index (χ0v) is 20.1. The predicted molar refractivity (Wildman–Crippen MR) is 133 cm³/mol. The van der Waals surface area contributed by atoms with Crippen LogP contribution in [0.3, 0.4) is 0 Å². The number of hydrogen-bond acceptors (Lipinski definition) is 8. The Balaban J connectivity index is 1.18. The van der Waals surface area contributed by atoms with E-state index in [1.165, 1.54) is 18.2 Å². The average molecular weight is 486 g/mol. The summed E-state index contributed by atoms with van der Waals surface area (Å²) in [5.74, 6) is 2.81. The Morgan fingerprint density at radius 1 is 1.06 bits per heavy atom. The first kappa shape index (κ1) is 22.3. The maximum Gasteiger partial charge on any atom is 0.409 e. The molecule has 0 spiro atoms. The van der Waals surface area contributed by atoms with E-state index in [0.29, 0.717) is 26.2 Å². The number of nitrogens with zero attached hydrogens (tertiary/aromatic N) is 7. The van der Waals surface area contributed by atoms with Crippen LogP contribution in [-0.2, 0) is 24.0 Å². The van der Waals surface area contributed by atoms with E-state index in [9.17, 15) is 4.79 Å². The number of aromatic nitrogens is 5. The van der Waals surface area contributed by atoms with Gasteiger partial charge in [-0.05, 0) is 30.2 Å². The largest absolute Gasteiger partial charge is 0.493 e. The van der Waals surface area contributed by atoms with Crippen LogP contribution in [0.4, 0.5) is 10.6 Å². The molecule has 10 heteroatoms. The summed E-state index contributed by atoms with van der Waals surface area (Å²) in [6.45, 7) is 3.40. The average Bonchev–Trinajstić information content (AvgIpc) is 3.62. The van der Waals surface area contributed by atoms with Crippen molar-refractivity contribution in [1.82, 2.24) is 29.5 Å². The highest BCUT2D eigenvalue weighted by Crippen LogP contribution is 2.29. The SMILES string of the molecule is COC(=O)N1CCN(c2ccc(-c3cnc(CCc4cccc5c4CCO5)n4cnnc34)cn2)CC1. The van der Waals surface area contributed by atoms with Gasteiger partial charge in [-0.3, -0.25) is 4.40 Å². The molecule has 5 heterocycles. The number of amides is 1. The predicted octanol–water partition coefficient (Wildman–Crippen LogP) is 2.79. The molecule has 4 aromatic rings. The number of methoxy groups -OCH3 is 1. The van der Waals surface area contributed by atoms with Crippen molar-refractivity contribution in [3.8, 4) is 16.9 Å². The van der Waals surface area contributed by atoms with E-state index in [1.807, 2.05) is 35.0 Å². The van der Waals surface area contributed by atoms with Crippen molar-refractivity contribution < 1.29 is 14.3 Å². The fourth-order valence-corrected chi connectivity index (χ4v) is 5.01. The molecule has 2 aliphatic rings. The Kier molecular flexibility index (Phi) is 5.84. The van der Waals surface area contributed by atoms with Gasteiger partial charge in [0.05, 0.1) is 13.7 Å². The Morgan fingerprint density at radius 3 is 2.75 bits per heavy atom. The minimum atomic E-state index is -0.284. The maximum atomic E-state index is 11.7. The fourth-order valence-electron chi connectivity index (χ4n) is 5.01. The second-order valence-electron chi connectivity index (χ2n) is 8.95. The topological polar surface area (TPSA) is 98.0 Å². The number of anilines is 1. The molecule has 0 atom stereocenters. The molecule has 0 N–H and O–H groups in total. The number of aryl methyl sites for hydroxylation is 2. The number of benzene rings is 1. The summed E-state index contributed by atoms with van der Waals surface area (Å²) in [5, 5.41) is 8.54. The minimum absolute atomic E-state index is 0.284. The van der Waals surface area contributed by atoms with Crippen molar-refractivity contribution in [3.05, 3.63) is 66.0 Å². The van der Waals surface area contributed by atoms with Crippen molar-refractivity contribution in [3.63, 3.8) is 0 Å². The van der Waals surface area contributed by atoms with Crippen molar-refractivity contribution in [1.29, 1.82) is 0 Å². The first-order chi connectivity index (χ1) is 17.7. The zero-order valence-electron chi connectivity index (χ0n) is 20.1. The number of pyridine rings is 1. The lowest BCUT2D eigenvalue weighted by Gasteiger charge is -2.34. The summed E-state index contributed by atoms with van der Waals surface area (Å²) < 4.78 is 12.5. The molecular weight excluding hydrogens is 458 g/mol. The van der Waals surface area contributed by atoms with Crippen LogP contribution in [0.1, 0.15) is 17.0 Å². The Bertz CT molecular complexity index is 1390. The van der Waals surface area contributed by atoms with Gasteiger partial charge in [-0.25, -0.2) is 14.8 Å². The smallest absolute Gasteiger partial charge is 0.409 e. The molecule has 36 heavy (non-hydrogen) atoms. The first-order valence-electron chi connectivity index (χ1n) is 12.2. The molecule has 3 aromatic heterocycles. The molecular formula is C26H27N7O3. The van der Waals surface area contributed by atoms with Gasteiger partial charge < -0.3 is 19.3 Å². The quantitative estimate of drug-likeness (QED) is 0.426. The fraction of sp³-hybridized carbons (Fsp3) is 0.346. The molecule has 184 valence electrons. The van der Waals surface area contributed by atoms with Crippen LogP contribution in [0.2, 0.25) is 0 Å². The lowest BCUT2D eigenvalue weighted by Crippen LogP contribution is -2.49. The number of fused-ring (bicyclic) bond motifs is 2. The van der Waals surface area contributed by atoms with E-state index in [2.05, 4.69) is 32.2 Å². The molecule has 1 amide bonds. The van der Waals surface area contributed by atoms with Gasteiger partial charge in [0, 0.05) is 68.1 Å². The van der Waals surface area contributed by atoms with Crippen LogP contribution < -0.4 is 9.64 Å². The van der Waals surface area contributed by atoms with Crippen LogP contribution >= 0.6 is 0 Å². The summed E-state index contributed by atoms with van der Waals surface area (Å²) in [5.41, 5.74) is 5.21. The third kappa shape index (κ3) is 4.08. The van der Waals surface area contributed by atoms with E-state index in [0.717, 1.165) is 60.0 Å². The van der Waals surface area contributed by atoms with Crippen LogP contribution in [0, 0.1) is 0 Å². The van der Waals surface area contributed by atoms with Gasteiger partial charge in [-0.15, -0.1) is 10.2 Å². The van der Waals surface area contributed by atoms with Crippen molar-refractivity contribution >= 4 is 17.6 Å². The first-order valence-corrected chi connectivity index (χ1v) is 12.2. The number of rotatable bonds is 5. The highest BCUT2D eigenvalue weighted by atomic mass is 16.5. The summed E-state index contributed by atoms with van der Waals surface area (Å²) in [6, 6.07) is 10.3. The lowest BCUT2D eigenvalue weighted by atomic mass is 10.0. The van der Waals surface area contributed by atoms with E-state index in [1.54, 1.807) is 11.2 Å². The summed E-state index contributed by atoms with van der Waals surface area (Å²) in [7, 11) is 1.41. The van der Waals surface area contributed by atoms with Gasteiger partial charge in [0.2, 0.25) is 0 Å². The second kappa shape index (κ2) is 9.44. The number of hydrogen-bond donors (Lipinski definition) is 0. The molecule has 0 radical (unpaired) electrons. The molecule has 0 bridgehead atoms. The third-order valence-corrected chi connectivity index (χ3v) is 6.96. The van der Waals surface area contributed by atoms with Gasteiger partial charge in [0.25, 0.3) is 0 Å². The Labute approximate surface area is 208 Å². The number of carbonyl (C=O) groups excluding carboxylic acids is 1. The van der Waals surface area contributed by atoms with E-state index in [-0.39, 0.29) is 6.09 Å². The highest BCUT2D eigenvalue weighted by Gasteiger charge is 2.22. The normalized spacial score (nSPS) is 15.1. The highest BCUT2D eigenvalue weighted by molar-refractivity contribution is 5.76. The van der Waals surface area contributed by atoms with Gasteiger partial charge in [-0.1, -0.05) is 12.1 Å². The number of piperazine rings is 1. The zero-order chi connectivity index (χ0) is 24.5. The van der Waals surface area contributed by atoms with Gasteiger partial charge >= 0.3 is 6.09 Å². The van der Waals surface area contributed by atoms with Gasteiger partial charge in [0.1, 0.15) is 23.7 Å². The van der Waals surface area contributed by atoms with Crippen LogP contribution in [0.25, 0.3) is 16.8 Å². The molecule has 1 fully saturated rings. The minimum Gasteiger partial charge on any atom is -0.493 e. The van der Waals surface area contributed by atoms with Crippen LogP contribution in [0.5, 0.6) is 5.75 Å². The van der Waals surface area contributed by atoms with E-state index >= 15 is 0 Å². The van der Waals surface area contributed by atoms with Gasteiger partial charge in [-0.2, -0.15) is 0 Å². The maximum absolute atomic E-state index is 11.7. The number of carbonyl (C=O) groups is 1. The molecule has 6 rings (SSSR count). The van der Waals surface area contributed by atoms with Crippen LogP contribution in [-0.4, -0.2) is 75.5 Å². The van der Waals surface area contributed by atoms with Crippen LogP contribution in [0.15, 0.2) is 49.1 Å². The van der Waals surface area contributed by atoms with Crippen molar-refractivity contribution in [2.75, 3.05) is 44.8 Å². The monoisotopic (exact) mass is 485 g/mol. The summed E-state index contributed by atoms with van der Waals surface area (Å²) in [4.78, 5) is 25.1. The second-order valence-corrected chi connectivity index (χ2v) is 8.95. The molecule has 0 saturated carbocycles. The van der Waals surface area contributed by atoms with Crippen molar-refractivity contribution in [2.45, 2.75) is 19.3 Å². The Morgan fingerprint density at radius 2 is 1.94 bits per heavy atom. The summed E-state index contributed by atoms with van der Waals surface area (Å²) in [6.07, 6.45) is 7.77. The molecule has 0 aliphatic carbocycles. The van der Waals surface area contributed by atoms with E-state index in [4.69, 9.17) is 14.5 Å². The molecule has 10 nitrogen and oxygen atoms in total. The van der Waals surface area contributed by atoms with E-state index < -0.39 is 0 Å². The lowest BCUT2D eigenvalue weighted by molar-refractivity contribution is 0.121. The van der Waals surface area contributed by atoms with Gasteiger partial charge in [0.15, 0.2) is 5.65 Å². The number of ether oxygens (including phenoxy) is 2. The molecule has 1 aromatic carbocycles. The molecule has 2 aliphatic heterocycles.